The summed E-state index contributed by atoms with van der Waals surface area (Å²) in [5, 5.41) is 9.58. The van der Waals surface area contributed by atoms with Crippen LogP contribution in [0.25, 0.3) is 0 Å². The first-order valence-electron chi connectivity index (χ1n) is 5.88. The molecule has 94 valence electrons. The van der Waals surface area contributed by atoms with Crippen molar-refractivity contribution in [3.8, 4) is 5.75 Å². The molecule has 0 bridgehead atoms. The first-order chi connectivity index (χ1) is 8.16. The first-order valence-corrected chi connectivity index (χ1v) is 5.88. The molecule has 2 atom stereocenters. The van der Waals surface area contributed by atoms with Gasteiger partial charge < -0.3 is 14.6 Å². The number of halogens is 1. The zero-order chi connectivity index (χ0) is 12.3. The van der Waals surface area contributed by atoms with E-state index in [4.69, 9.17) is 9.47 Å². The molecule has 0 aliphatic carbocycles. The largest absolute Gasteiger partial charge is 0.488 e. The van der Waals surface area contributed by atoms with Crippen LogP contribution in [0.3, 0.4) is 0 Å². The van der Waals surface area contributed by atoms with Gasteiger partial charge in [0.15, 0.2) is 0 Å². The quantitative estimate of drug-likeness (QED) is 0.882. The van der Waals surface area contributed by atoms with Gasteiger partial charge in [0.05, 0.1) is 12.7 Å². The number of hydrogen-bond donors (Lipinski definition) is 1. The summed E-state index contributed by atoms with van der Waals surface area (Å²) in [6.07, 6.45) is 1.14. The van der Waals surface area contributed by atoms with Crippen molar-refractivity contribution in [1.29, 1.82) is 0 Å². The zero-order valence-corrected chi connectivity index (χ0v) is 9.86. The topological polar surface area (TPSA) is 38.7 Å². The van der Waals surface area contributed by atoms with E-state index in [-0.39, 0.29) is 11.9 Å². The van der Waals surface area contributed by atoms with Gasteiger partial charge in [0.25, 0.3) is 0 Å². The lowest BCUT2D eigenvalue weighted by Crippen LogP contribution is -2.28. The van der Waals surface area contributed by atoms with Crippen LogP contribution in [0.2, 0.25) is 0 Å². The van der Waals surface area contributed by atoms with Gasteiger partial charge in [-0.2, -0.15) is 0 Å². The Labute approximate surface area is 100 Å². The van der Waals surface area contributed by atoms with Gasteiger partial charge in [0.1, 0.15) is 17.7 Å². The highest BCUT2D eigenvalue weighted by Crippen LogP contribution is 2.28. The molecule has 1 fully saturated rings. The fraction of sp³-hybridized carbons (Fsp3) is 0.538. The summed E-state index contributed by atoms with van der Waals surface area (Å²) < 4.78 is 24.2. The van der Waals surface area contributed by atoms with Crippen molar-refractivity contribution in [1.82, 2.24) is 0 Å². The van der Waals surface area contributed by atoms with Crippen molar-refractivity contribution in [3.05, 3.63) is 29.6 Å². The summed E-state index contributed by atoms with van der Waals surface area (Å²) in [7, 11) is 0. The summed E-state index contributed by atoms with van der Waals surface area (Å²) in [5.74, 6) is 0.171. The highest BCUT2D eigenvalue weighted by molar-refractivity contribution is 5.35. The van der Waals surface area contributed by atoms with Crippen molar-refractivity contribution in [2.45, 2.75) is 32.0 Å². The van der Waals surface area contributed by atoms with E-state index in [9.17, 15) is 9.50 Å². The average molecular weight is 240 g/mol. The molecule has 1 aliphatic rings. The highest BCUT2D eigenvalue weighted by Gasteiger charge is 2.18. The molecule has 0 spiro atoms. The Morgan fingerprint density at radius 3 is 3.00 bits per heavy atom. The summed E-state index contributed by atoms with van der Waals surface area (Å²) in [5.41, 5.74) is 0.482. The van der Waals surface area contributed by atoms with Crippen molar-refractivity contribution < 1.29 is 19.0 Å². The maximum atomic E-state index is 13.1. The Balaban J connectivity index is 2.13. The molecule has 1 aliphatic heterocycles. The fourth-order valence-electron chi connectivity index (χ4n) is 1.94. The van der Waals surface area contributed by atoms with Crippen molar-refractivity contribution in [2.24, 2.45) is 0 Å². The number of aliphatic hydroxyl groups is 1. The second-order valence-electron chi connectivity index (χ2n) is 4.32. The third-order valence-corrected chi connectivity index (χ3v) is 2.83. The van der Waals surface area contributed by atoms with E-state index in [1.807, 2.05) is 0 Å². The van der Waals surface area contributed by atoms with Crippen LogP contribution in [0.15, 0.2) is 18.2 Å². The van der Waals surface area contributed by atoms with Gasteiger partial charge in [-0.05, 0) is 38.0 Å². The minimum absolute atomic E-state index is 0.00767. The Kier molecular flexibility index (Phi) is 3.97. The average Bonchev–Trinajstić information content (AvgIpc) is 2.32. The van der Waals surface area contributed by atoms with Crippen LogP contribution < -0.4 is 4.74 Å². The molecule has 1 aromatic carbocycles. The van der Waals surface area contributed by atoms with E-state index in [1.165, 1.54) is 12.1 Å². The molecule has 3 nitrogen and oxygen atoms in total. The predicted octanol–water partition coefficient (Wildman–Crippen LogP) is 2.44. The van der Waals surface area contributed by atoms with E-state index in [2.05, 4.69) is 0 Å². The smallest absolute Gasteiger partial charge is 0.125 e. The van der Waals surface area contributed by atoms with Crippen molar-refractivity contribution >= 4 is 0 Å². The predicted molar refractivity (Wildman–Crippen MR) is 61.5 cm³/mol. The Hall–Kier alpha value is -1.13. The summed E-state index contributed by atoms with van der Waals surface area (Å²) in [6.45, 7) is 2.92. The van der Waals surface area contributed by atoms with Crippen LogP contribution in [-0.2, 0) is 4.74 Å². The molecule has 0 amide bonds. The van der Waals surface area contributed by atoms with Crippen LogP contribution in [0.5, 0.6) is 5.75 Å². The molecule has 0 saturated carbocycles. The third-order valence-electron chi connectivity index (χ3n) is 2.83. The van der Waals surface area contributed by atoms with Gasteiger partial charge in [-0.3, -0.25) is 0 Å². The van der Waals surface area contributed by atoms with Gasteiger partial charge in [-0.1, -0.05) is 0 Å². The lowest BCUT2D eigenvalue weighted by atomic mass is 10.1. The van der Waals surface area contributed by atoms with Crippen molar-refractivity contribution in [2.75, 3.05) is 13.2 Å². The van der Waals surface area contributed by atoms with Crippen LogP contribution in [0.1, 0.15) is 31.4 Å². The number of rotatable bonds is 3. The standard InChI is InChI=1S/C13H17FO3/c1-9(15)12-7-10(14)4-5-13(12)17-11-3-2-6-16-8-11/h4-5,7,9,11,15H,2-3,6,8H2,1H3/t9-,11?/m0/s1. The molecule has 1 heterocycles. The number of hydrogen-bond acceptors (Lipinski definition) is 3. The van der Waals surface area contributed by atoms with E-state index in [0.29, 0.717) is 17.9 Å². The monoisotopic (exact) mass is 240 g/mol. The second kappa shape index (κ2) is 5.47. The fourth-order valence-corrected chi connectivity index (χ4v) is 1.94. The molecular weight excluding hydrogens is 223 g/mol. The number of aliphatic hydroxyl groups excluding tert-OH is 1. The zero-order valence-electron chi connectivity index (χ0n) is 9.86. The van der Waals surface area contributed by atoms with E-state index in [1.54, 1.807) is 13.0 Å². The normalized spacial score (nSPS) is 22.2. The van der Waals surface area contributed by atoms with E-state index in [0.717, 1.165) is 19.4 Å². The first kappa shape index (κ1) is 12.3. The van der Waals surface area contributed by atoms with Gasteiger partial charge in [0.2, 0.25) is 0 Å². The maximum absolute atomic E-state index is 13.1. The minimum atomic E-state index is -0.745. The molecule has 1 saturated heterocycles. The highest BCUT2D eigenvalue weighted by atomic mass is 19.1. The van der Waals surface area contributed by atoms with Crippen LogP contribution >= 0.6 is 0 Å². The molecule has 0 aromatic heterocycles. The van der Waals surface area contributed by atoms with Crippen molar-refractivity contribution in [3.63, 3.8) is 0 Å². The number of ether oxygens (including phenoxy) is 2. The Morgan fingerprint density at radius 2 is 2.35 bits per heavy atom. The molecular formula is C13H17FO3. The SMILES string of the molecule is C[C@H](O)c1cc(F)ccc1OC1CCCOC1. The summed E-state index contributed by atoms with van der Waals surface area (Å²) >= 11 is 0. The van der Waals surface area contributed by atoms with Crippen LogP contribution in [0.4, 0.5) is 4.39 Å². The van der Waals surface area contributed by atoms with Gasteiger partial charge in [-0.25, -0.2) is 4.39 Å². The number of benzene rings is 1. The maximum Gasteiger partial charge on any atom is 0.125 e. The van der Waals surface area contributed by atoms with Gasteiger partial charge in [-0.15, -0.1) is 0 Å². The summed E-state index contributed by atoms with van der Waals surface area (Å²) in [6, 6.07) is 4.21. The molecule has 17 heavy (non-hydrogen) atoms. The molecule has 1 N–H and O–H groups in total. The third kappa shape index (κ3) is 3.17. The van der Waals surface area contributed by atoms with Crippen LogP contribution in [0, 0.1) is 5.82 Å². The minimum Gasteiger partial charge on any atom is -0.488 e. The molecule has 4 heteroatoms. The Bertz CT molecular complexity index is 373. The second-order valence-corrected chi connectivity index (χ2v) is 4.32. The van der Waals surface area contributed by atoms with E-state index < -0.39 is 6.10 Å². The summed E-state index contributed by atoms with van der Waals surface area (Å²) in [4.78, 5) is 0. The van der Waals surface area contributed by atoms with Crippen LogP contribution in [-0.4, -0.2) is 24.4 Å². The molecule has 2 rings (SSSR count). The molecule has 0 radical (unpaired) electrons. The lowest BCUT2D eigenvalue weighted by molar-refractivity contribution is 0.00609. The lowest BCUT2D eigenvalue weighted by Gasteiger charge is -2.25. The molecule has 1 aromatic rings. The van der Waals surface area contributed by atoms with Gasteiger partial charge >= 0.3 is 0 Å². The molecule has 1 unspecified atom stereocenters. The van der Waals surface area contributed by atoms with E-state index >= 15 is 0 Å². The van der Waals surface area contributed by atoms with Gasteiger partial charge in [0, 0.05) is 12.2 Å². The Morgan fingerprint density at radius 1 is 1.53 bits per heavy atom.